The Morgan fingerprint density at radius 2 is 1.90 bits per heavy atom. The van der Waals surface area contributed by atoms with E-state index in [1.165, 1.54) is 11.1 Å². The summed E-state index contributed by atoms with van der Waals surface area (Å²) in [5.74, 6) is 0.823. The van der Waals surface area contributed by atoms with E-state index < -0.39 is 0 Å². The third-order valence-electron chi connectivity index (χ3n) is 5.83. The molecule has 0 radical (unpaired) electrons. The van der Waals surface area contributed by atoms with Gasteiger partial charge in [-0.2, -0.15) is 0 Å². The number of fused-ring (bicyclic) bond motifs is 1. The SMILES string of the molecule is CCOc1cc2occ(-c3ccc(C)cc3C)c2cc1/C(C)=C/C(=O)N1CCCC1. The van der Waals surface area contributed by atoms with Gasteiger partial charge in [-0.15, -0.1) is 0 Å². The lowest BCUT2D eigenvalue weighted by Crippen LogP contribution is -2.25. The molecule has 0 N–H and O–H groups in total. The predicted molar refractivity (Wildman–Crippen MR) is 122 cm³/mol. The van der Waals surface area contributed by atoms with Crippen molar-refractivity contribution in [1.82, 2.24) is 4.90 Å². The standard InChI is InChI=1S/C26H29NO3/c1-5-29-24-15-25-22(23(16-30-25)20-9-8-17(2)12-18(20)3)14-21(24)19(4)13-26(28)27-10-6-7-11-27/h8-9,12-16H,5-7,10-11H2,1-4H3/b19-13+. The van der Waals surface area contributed by atoms with Crippen LogP contribution in [0.5, 0.6) is 5.75 Å². The van der Waals surface area contributed by atoms with Crippen molar-refractivity contribution < 1.29 is 13.9 Å². The molecule has 1 amide bonds. The molecular formula is C26H29NO3. The molecule has 0 unspecified atom stereocenters. The number of furan rings is 1. The van der Waals surface area contributed by atoms with Gasteiger partial charge in [-0.25, -0.2) is 0 Å². The number of hydrogen-bond acceptors (Lipinski definition) is 3. The van der Waals surface area contributed by atoms with Gasteiger partial charge in [0.1, 0.15) is 11.3 Å². The van der Waals surface area contributed by atoms with Gasteiger partial charge in [-0.3, -0.25) is 4.79 Å². The highest BCUT2D eigenvalue weighted by molar-refractivity contribution is 6.00. The quantitative estimate of drug-likeness (QED) is 0.481. The van der Waals surface area contributed by atoms with Gasteiger partial charge in [0, 0.05) is 41.7 Å². The molecule has 3 aromatic rings. The number of rotatable bonds is 5. The lowest BCUT2D eigenvalue weighted by Gasteiger charge is -2.15. The molecule has 0 spiro atoms. The molecule has 4 rings (SSSR count). The van der Waals surface area contributed by atoms with Gasteiger partial charge in [0.25, 0.3) is 0 Å². The molecule has 1 aliphatic rings. The third-order valence-corrected chi connectivity index (χ3v) is 5.83. The normalized spacial score (nSPS) is 14.5. The number of ether oxygens (including phenoxy) is 1. The van der Waals surface area contributed by atoms with Crippen molar-refractivity contribution in [3.05, 3.63) is 59.4 Å². The van der Waals surface area contributed by atoms with Gasteiger partial charge in [-0.05, 0) is 63.3 Å². The van der Waals surface area contributed by atoms with Crippen LogP contribution in [0.4, 0.5) is 0 Å². The maximum Gasteiger partial charge on any atom is 0.246 e. The van der Waals surface area contributed by atoms with Crippen LogP contribution in [0.1, 0.15) is 43.4 Å². The Morgan fingerprint density at radius 3 is 2.60 bits per heavy atom. The topological polar surface area (TPSA) is 42.7 Å². The lowest BCUT2D eigenvalue weighted by atomic mass is 9.96. The number of allylic oxidation sites excluding steroid dienone is 1. The van der Waals surface area contributed by atoms with Crippen LogP contribution in [0.2, 0.25) is 0 Å². The van der Waals surface area contributed by atoms with Crippen LogP contribution in [-0.2, 0) is 4.79 Å². The van der Waals surface area contributed by atoms with Crippen molar-refractivity contribution >= 4 is 22.4 Å². The molecular weight excluding hydrogens is 374 g/mol. The number of carbonyl (C=O) groups is 1. The van der Waals surface area contributed by atoms with Crippen LogP contribution in [0.15, 0.2) is 47.1 Å². The second-order valence-electron chi connectivity index (χ2n) is 8.11. The van der Waals surface area contributed by atoms with E-state index >= 15 is 0 Å². The average molecular weight is 404 g/mol. The van der Waals surface area contributed by atoms with Crippen molar-refractivity contribution in [3.8, 4) is 16.9 Å². The molecule has 1 fully saturated rings. The first-order valence-corrected chi connectivity index (χ1v) is 10.7. The monoisotopic (exact) mass is 403 g/mol. The van der Waals surface area contributed by atoms with E-state index in [-0.39, 0.29) is 5.91 Å². The summed E-state index contributed by atoms with van der Waals surface area (Å²) in [5.41, 5.74) is 7.30. The number of amides is 1. The van der Waals surface area contributed by atoms with Crippen LogP contribution in [0.25, 0.3) is 27.7 Å². The van der Waals surface area contributed by atoms with Crippen LogP contribution in [0.3, 0.4) is 0 Å². The number of nitrogens with zero attached hydrogens (tertiary/aromatic N) is 1. The molecule has 1 aliphatic heterocycles. The minimum absolute atomic E-state index is 0.0781. The maximum absolute atomic E-state index is 12.7. The molecule has 2 aromatic carbocycles. The van der Waals surface area contributed by atoms with Crippen molar-refractivity contribution in [2.45, 2.75) is 40.5 Å². The molecule has 4 nitrogen and oxygen atoms in total. The second kappa shape index (κ2) is 8.39. The number of hydrogen-bond donors (Lipinski definition) is 0. The molecule has 156 valence electrons. The minimum Gasteiger partial charge on any atom is -0.493 e. The molecule has 0 bridgehead atoms. The van der Waals surface area contributed by atoms with E-state index in [9.17, 15) is 4.79 Å². The summed E-state index contributed by atoms with van der Waals surface area (Å²) in [4.78, 5) is 14.6. The van der Waals surface area contributed by atoms with E-state index in [1.54, 1.807) is 6.08 Å². The molecule has 2 heterocycles. The van der Waals surface area contributed by atoms with E-state index in [4.69, 9.17) is 9.15 Å². The van der Waals surface area contributed by atoms with Crippen LogP contribution < -0.4 is 4.74 Å². The van der Waals surface area contributed by atoms with Crippen LogP contribution in [-0.4, -0.2) is 30.5 Å². The van der Waals surface area contributed by atoms with Crippen LogP contribution >= 0.6 is 0 Å². The third kappa shape index (κ3) is 3.87. The average Bonchev–Trinajstić information content (AvgIpc) is 3.37. The van der Waals surface area contributed by atoms with Gasteiger partial charge in [0.15, 0.2) is 0 Å². The van der Waals surface area contributed by atoms with E-state index in [2.05, 4.69) is 38.1 Å². The fourth-order valence-corrected chi connectivity index (χ4v) is 4.25. The Bertz CT molecular complexity index is 1120. The van der Waals surface area contributed by atoms with Crippen LogP contribution in [0, 0.1) is 13.8 Å². The van der Waals surface area contributed by atoms with Gasteiger partial charge < -0.3 is 14.1 Å². The number of carbonyl (C=O) groups excluding carboxylic acids is 1. The molecule has 0 atom stereocenters. The van der Waals surface area contributed by atoms with E-state index in [0.717, 1.165) is 64.9 Å². The van der Waals surface area contributed by atoms with Crippen molar-refractivity contribution in [2.24, 2.45) is 0 Å². The Morgan fingerprint density at radius 1 is 1.13 bits per heavy atom. The fourth-order valence-electron chi connectivity index (χ4n) is 4.25. The summed E-state index contributed by atoms with van der Waals surface area (Å²) in [6.45, 7) is 10.4. The van der Waals surface area contributed by atoms with Crippen molar-refractivity contribution in [2.75, 3.05) is 19.7 Å². The van der Waals surface area contributed by atoms with E-state index in [1.807, 2.05) is 31.1 Å². The summed E-state index contributed by atoms with van der Waals surface area (Å²) in [6, 6.07) is 10.5. The highest BCUT2D eigenvalue weighted by Crippen LogP contribution is 2.38. The van der Waals surface area contributed by atoms with Crippen molar-refractivity contribution in [1.29, 1.82) is 0 Å². The molecule has 4 heteroatoms. The summed E-state index contributed by atoms with van der Waals surface area (Å²) in [5, 5.41) is 1.03. The highest BCUT2D eigenvalue weighted by atomic mass is 16.5. The molecule has 1 saturated heterocycles. The zero-order valence-electron chi connectivity index (χ0n) is 18.2. The Kier molecular flexibility index (Phi) is 5.67. The summed E-state index contributed by atoms with van der Waals surface area (Å²) in [7, 11) is 0. The molecule has 0 saturated carbocycles. The zero-order chi connectivity index (χ0) is 21.3. The van der Waals surface area contributed by atoms with Crippen molar-refractivity contribution in [3.63, 3.8) is 0 Å². The minimum atomic E-state index is 0.0781. The highest BCUT2D eigenvalue weighted by Gasteiger charge is 2.19. The Balaban J connectivity index is 1.81. The lowest BCUT2D eigenvalue weighted by molar-refractivity contribution is -0.124. The van der Waals surface area contributed by atoms with Gasteiger partial charge >= 0.3 is 0 Å². The summed E-state index contributed by atoms with van der Waals surface area (Å²) < 4.78 is 11.8. The smallest absolute Gasteiger partial charge is 0.246 e. The maximum atomic E-state index is 12.7. The first-order chi connectivity index (χ1) is 14.5. The molecule has 0 aliphatic carbocycles. The predicted octanol–water partition coefficient (Wildman–Crippen LogP) is 6.14. The fraction of sp³-hybridized carbons (Fsp3) is 0.346. The largest absolute Gasteiger partial charge is 0.493 e. The van der Waals surface area contributed by atoms with Gasteiger partial charge in [0.2, 0.25) is 5.91 Å². The second-order valence-corrected chi connectivity index (χ2v) is 8.11. The first kappa shape index (κ1) is 20.3. The number of benzene rings is 2. The Labute approximate surface area is 178 Å². The van der Waals surface area contributed by atoms with Gasteiger partial charge in [0.05, 0.1) is 12.9 Å². The molecule has 1 aromatic heterocycles. The number of likely N-dealkylation sites (tertiary alicyclic amines) is 1. The number of aryl methyl sites for hydroxylation is 2. The molecule has 30 heavy (non-hydrogen) atoms. The van der Waals surface area contributed by atoms with Gasteiger partial charge in [-0.1, -0.05) is 23.8 Å². The Hall–Kier alpha value is -3.01. The zero-order valence-corrected chi connectivity index (χ0v) is 18.2. The summed E-state index contributed by atoms with van der Waals surface area (Å²) in [6.07, 6.45) is 5.73. The summed E-state index contributed by atoms with van der Waals surface area (Å²) >= 11 is 0. The first-order valence-electron chi connectivity index (χ1n) is 10.7. The van der Waals surface area contributed by atoms with E-state index in [0.29, 0.717) is 6.61 Å².